The molecule has 0 spiro atoms. The molecule has 1 saturated heterocycles. The SMILES string of the molecule is COc1ccccc1CNC(=O)CC1CCN(S(=O)(=O)c2ccc(Cl)cc2)CC1. The average molecular weight is 437 g/mol. The number of ether oxygens (including phenoxy) is 1. The molecule has 0 aliphatic carbocycles. The molecule has 1 N–H and O–H groups in total. The van der Waals surface area contributed by atoms with Crippen molar-refractivity contribution in [2.24, 2.45) is 5.92 Å². The molecule has 2 aromatic carbocycles. The zero-order valence-electron chi connectivity index (χ0n) is 16.3. The third kappa shape index (κ3) is 5.50. The predicted octanol–water partition coefficient (Wildman–Crippen LogP) is 3.46. The number of hydrogen-bond donors (Lipinski definition) is 1. The summed E-state index contributed by atoms with van der Waals surface area (Å²) in [4.78, 5) is 12.6. The van der Waals surface area contributed by atoms with Gasteiger partial charge in [0.05, 0.1) is 12.0 Å². The van der Waals surface area contributed by atoms with E-state index in [1.807, 2.05) is 24.3 Å². The monoisotopic (exact) mass is 436 g/mol. The number of benzene rings is 2. The molecule has 156 valence electrons. The summed E-state index contributed by atoms with van der Waals surface area (Å²) in [6, 6.07) is 13.8. The zero-order valence-corrected chi connectivity index (χ0v) is 17.9. The first-order chi connectivity index (χ1) is 13.9. The molecule has 0 bridgehead atoms. The maximum absolute atomic E-state index is 12.7. The highest BCUT2D eigenvalue weighted by Gasteiger charge is 2.30. The van der Waals surface area contributed by atoms with E-state index in [1.165, 1.54) is 16.4 Å². The summed E-state index contributed by atoms with van der Waals surface area (Å²) in [7, 11) is -1.92. The molecule has 29 heavy (non-hydrogen) atoms. The Morgan fingerprint density at radius 3 is 2.45 bits per heavy atom. The second kappa shape index (κ2) is 9.61. The molecule has 6 nitrogen and oxygen atoms in total. The first-order valence-electron chi connectivity index (χ1n) is 9.54. The van der Waals surface area contributed by atoms with Crippen LogP contribution >= 0.6 is 11.6 Å². The van der Waals surface area contributed by atoms with Crippen LogP contribution in [0.5, 0.6) is 5.75 Å². The number of carbonyl (C=O) groups is 1. The Kier molecular flexibility index (Phi) is 7.16. The lowest BCUT2D eigenvalue weighted by atomic mass is 9.94. The van der Waals surface area contributed by atoms with Crippen molar-refractivity contribution in [3.8, 4) is 5.75 Å². The lowest BCUT2D eigenvalue weighted by molar-refractivity contribution is -0.122. The zero-order chi connectivity index (χ0) is 20.9. The van der Waals surface area contributed by atoms with Crippen molar-refractivity contribution in [3.05, 3.63) is 59.1 Å². The Morgan fingerprint density at radius 1 is 1.14 bits per heavy atom. The molecule has 2 aromatic rings. The van der Waals surface area contributed by atoms with Gasteiger partial charge < -0.3 is 10.1 Å². The highest BCUT2D eigenvalue weighted by molar-refractivity contribution is 7.89. The van der Waals surface area contributed by atoms with Crippen LogP contribution in [0.1, 0.15) is 24.8 Å². The summed E-state index contributed by atoms with van der Waals surface area (Å²) in [6.07, 6.45) is 1.72. The van der Waals surface area contributed by atoms with Gasteiger partial charge in [0.1, 0.15) is 5.75 Å². The van der Waals surface area contributed by atoms with Crippen LogP contribution in [0.25, 0.3) is 0 Å². The topological polar surface area (TPSA) is 75.7 Å². The van der Waals surface area contributed by atoms with Crippen LogP contribution in [-0.2, 0) is 21.4 Å². The molecular formula is C21H25ClN2O4S. The molecule has 1 amide bonds. The van der Waals surface area contributed by atoms with Crippen LogP contribution in [0.3, 0.4) is 0 Å². The average Bonchev–Trinajstić information content (AvgIpc) is 2.73. The van der Waals surface area contributed by atoms with Crippen LogP contribution < -0.4 is 10.1 Å². The van der Waals surface area contributed by atoms with Crippen molar-refractivity contribution in [2.45, 2.75) is 30.7 Å². The molecule has 3 rings (SSSR count). The molecule has 1 aliphatic rings. The maximum atomic E-state index is 12.7. The molecule has 0 unspecified atom stereocenters. The number of carbonyl (C=O) groups excluding carboxylic acids is 1. The Hall–Kier alpha value is -2.09. The molecule has 1 aliphatic heterocycles. The van der Waals surface area contributed by atoms with Crippen molar-refractivity contribution in [1.82, 2.24) is 9.62 Å². The van der Waals surface area contributed by atoms with E-state index in [0.29, 0.717) is 43.9 Å². The van der Waals surface area contributed by atoms with Crippen LogP contribution in [0.4, 0.5) is 0 Å². The molecular weight excluding hydrogens is 412 g/mol. The fraction of sp³-hybridized carbons (Fsp3) is 0.381. The van der Waals surface area contributed by atoms with E-state index in [1.54, 1.807) is 19.2 Å². The van der Waals surface area contributed by atoms with Crippen molar-refractivity contribution < 1.29 is 17.9 Å². The van der Waals surface area contributed by atoms with Gasteiger partial charge >= 0.3 is 0 Å². The van der Waals surface area contributed by atoms with Gasteiger partial charge in [-0.25, -0.2) is 8.42 Å². The third-order valence-corrected chi connectivity index (χ3v) is 7.33. The number of nitrogens with one attached hydrogen (secondary N) is 1. The summed E-state index contributed by atoms with van der Waals surface area (Å²) in [6.45, 7) is 1.23. The van der Waals surface area contributed by atoms with Gasteiger partial charge in [0.15, 0.2) is 0 Å². The van der Waals surface area contributed by atoms with E-state index < -0.39 is 10.0 Å². The lowest BCUT2D eigenvalue weighted by Crippen LogP contribution is -2.39. The fourth-order valence-electron chi connectivity index (χ4n) is 3.49. The minimum atomic E-state index is -3.52. The largest absolute Gasteiger partial charge is 0.496 e. The Labute approximate surface area is 176 Å². The van der Waals surface area contributed by atoms with E-state index >= 15 is 0 Å². The number of methoxy groups -OCH3 is 1. The van der Waals surface area contributed by atoms with E-state index in [-0.39, 0.29) is 16.7 Å². The Bertz CT molecular complexity index is 939. The molecule has 1 fully saturated rings. The lowest BCUT2D eigenvalue weighted by Gasteiger charge is -2.31. The summed E-state index contributed by atoms with van der Waals surface area (Å²) in [5.74, 6) is 0.882. The number of para-hydroxylation sites is 1. The number of amides is 1. The van der Waals surface area contributed by atoms with Gasteiger partial charge in [-0.15, -0.1) is 0 Å². The third-order valence-electron chi connectivity index (χ3n) is 5.17. The van der Waals surface area contributed by atoms with Crippen molar-refractivity contribution in [2.75, 3.05) is 20.2 Å². The standard InChI is InChI=1S/C21H25ClN2O4S/c1-28-20-5-3-2-4-17(20)15-23-21(25)14-16-10-12-24(13-11-16)29(26,27)19-8-6-18(22)7-9-19/h2-9,16H,10-15H2,1H3,(H,23,25). The van der Waals surface area contributed by atoms with Gasteiger partial charge in [-0.3, -0.25) is 4.79 Å². The summed E-state index contributed by atoms with van der Waals surface area (Å²) < 4.78 is 32.3. The first-order valence-corrected chi connectivity index (χ1v) is 11.4. The molecule has 0 atom stereocenters. The molecule has 1 heterocycles. The number of rotatable bonds is 7. The molecule has 0 radical (unpaired) electrons. The van der Waals surface area contributed by atoms with E-state index in [0.717, 1.165) is 11.3 Å². The van der Waals surface area contributed by atoms with Crippen molar-refractivity contribution >= 4 is 27.5 Å². The Morgan fingerprint density at radius 2 is 1.79 bits per heavy atom. The van der Waals surface area contributed by atoms with Gasteiger partial charge in [0.2, 0.25) is 15.9 Å². The van der Waals surface area contributed by atoms with Crippen molar-refractivity contribution in [1.29, 1.82) is 0 Å². The fourth-order valence-corrected chi connectivity index (χ4v) is 5.08. The summed E-state index contributed by atoms with van der Waals surface area (Å²) in [5.41, 5.74) is 0.923. The number of piperidine rings is 1. The van der Waals surface area contributed by atoms with E-state index in [4.69, 9.17) is 16.3 Å². The quantitative estimate of drug-likeness (QED) is 0.721. The molecule has 8 heteroatoms. The van der Waals surface area contributed by atoms with Crippen LogP contribution in [-0.4, -0.2) is 38.8 Å². The Balaban J connectivity index is 1.49. The minimum absolute atomic E-state index is 0.0325. The van der Waals surface area contributed by atoms with Gasteiger partial charge in [-0.05, 0) is 49.1 Å². The number of sulfonamides is 1. The minimum Gasteiger partial charge on any atom is -0.496 e. The number of halogens is 1. The van der Waals surface area contributed by atoms with Gasteiger partial charge in [-0.1, -0.05) is 29.8 Å². The van der Waals surface area contributed by atoms with Crippen LogP contribution in [0.2, 0.25) is 5.02 Å². The molecule has 0 aromatic heterocycles. The van der Waals surface area contributed by atoms with E-state index in [2.05, 4.69) is 5.32 Å². The highest BCUT2D eigenvalue weighted by atomic mass is 35.5. The predicted molar refractivity (Wildman–Crippen MR) is 112 cm³/mol. The smallest absolute Gasteiger partial charge is 0.243 e. The number of hydrogen-bond acceptors (Lipinski definition) is 4. The van der Waals surface area contributed by atoms with Gasteiger partial charge in [-0.2, -0.15) is 4.31 Å². The van der Waals surface area contributed by atoms with Crippen molar-refractivity contribution in [3.63, 3.8) is 0 Å². The highest BCUT2D eigenvalue weighted by Crippen LogP contribution is 2.26. The second-order valence-electron chi connectivity index (χ2n) is 7.09. The van der Waals surface area contributed by atoms with Crippen LogP contribution in [0, 0.1) is 5.92 Å². The number of nitrogens with zero attached hydrogens (tertiary/aromatic N) is 1. The summed E-state index contributed by atoms with van der Waals surface area (Å²) >= 11 is 5.84. The molecule has 0 saturated carbocycles. The van der Waals surface area contributed by atoms with Gasteiger partial charge in [0.25, 0.3) is 0 Å². The van der Waals surface area contributed by atoms with E-state index in [9.17, 15) is 13.2 Å². The normalized spacial score (nSPS) is 15.8. The maximum Gasteiger partial charge on any atom is 0.243 e. The summed E-state index contributed by atoms with van der Waals surface area (Å²) in [5, 5.41) is 3.43. The van der Waals surface area contributed by atoms with Crippen LogP contribution in [0.15, 0.2) is 53.4 Å². The first kappa shape index (κ1) is 21.6. The van der Waals surface area contributed by atoms with Gasteiger partial charge in [0, 0.05) is 36.6 Å². The second-order valence-corrected chi connectivity index (χ2v) is 9.47.